The Kier molecular flexibility index (Phi) is 6.52. The SMILES string of the molecule is COc1cc([N+](=O)[O-])cc(/C=C2\SC(=Nc3ccc(N4CCOCC4)cc3)N(C)C2=O)c1O. The van der Waals surface area contributed by atoms with Gasteiger partial charge in [-0.25, -0.2) is 4.99 Å². The minimum atomic E-state index is -0.590. The lowest BCUT2D eigenvalue weighted by atomic mass is 10.1. The van der Waals surface area contributed by atoms with E-state index in [1.807, 2.05) is 24.3 Å². The van der Waals surface area contributed by atoms with Crippen LogP contribution in [0, 0.1) is 10.1 Å². The maximum atomic E-state index is 12.7. The fourth-order valence-electron chi connectivity index (χ4n) is 3.45. The molecule has 1 N–H and O–H groups in total. The van der Waals surface area contributed by atoms with E-state index in [9.17, 15) is 20.0 Å². The molecule has 2 saturated heterocycles. The van der Waals surface area contributed by atoms with E-state index in [2.05, 4.69) is 9.89 Å². The number of benzene rings is 2. The third-order valence-corrected chi connectivity index (χ3v) is 6.32. The number of nitrogens with zero attached hydrogens (tertiary/aromatic N) is 4. The third kappa shape index (κ3) is 4.78. The number of carbonyl (C=O) groups is 1. The van der Waals surface area contributed by atoms with E-state index in [1.54, 1.807) is 7.05 Å². The number of ether oxygens (including phenoxy) is 2. The number of aliphatic imine (C=N–C) groups is 1. The van der Waals surface area contributed by atoms with Crippen molar-refractivity contribution in [3.05, 3.63) is 57.0 Å². The summed E-state index contributed by atoms with van der Waals surface area (Å²) < 4.78 is 10.4. The summed E-state index contributed by atoms with van der Waals surface area (Å²) in [5.41, 5.74) is 1.63. The van der Waals surface area contributed by atoms with E-state index < -0.39 is 4.92 Å². The van der Waals surface area contributed by atoms with Crippen molar-refractivity contribution in [2.45, 2.75) is 0 Å². The Morgan fingerprint density at radius 1 is 1.24 bits per heavy atom. The van der Waals surface area contributed by atoms with E-state index in [1.165, 1.54) is 24.2 Å². The maximum Gasteiger partial charge on any atom is 0.274 e. The molecule has 10 nitrogen and oxygen atoms in total. The molecule has 11 heteroatoms. The number of hydrogen-bond donors (Lipinski definition) is 1. The monoisotopic (exact) mass is 470 g/mol. The largest absolute Gasteiger partial charge is 0.504 e. The van der Waals surface area contributed by atoms with Gasteiger partial charge in [-0.15, -0.1) is 0 Å². The van der Waals surface area contributed by atoms with Gasteiger partial charge in [-0.05, 0) is 42.1 Å². The minimum Gasteiger partial charge on any atom is -0.504 e. The Balaban J connectivity index is 1.59. The van der Waals surface area contributed by atoms with Crippen LogP contribution in [0.3, 0.4) is 0 Å². The number of amidine groups is 1. The molecule has 2 aromatic rings. The van der Waals surface area contributed by atoms with Crippen LogP contribution in [0.2, 0.25) is 0 Å². The van der Waals surface area contributed by atoms with Crippen molar-refractivity contribution < 1.29 is 24.3 Å². The second-order valence-corrected chi connectivity index (χ2v) is 8.34. The molecule has 0 spiro atoms. The summed E-state index contributed by atoms with van der Waals surface area (Å²) >= 11 is 1.12. The molecule has 0 unspecified atom stereocenters. The summed E-state index contributed by atoms with van der Waals surface area (Å²) in [6.07, 6.45) is 1.40. The smallest absolute Gasteiger partial charge is 0.274 e. The van der Waals surface area contributed by atoms with E-state index in [-0.39, 0.29) is 33.6 Å². The van der Waals surface area contributed by atoms with Gasteiger partial charge in [0.15, 0.2) is 16.7 Å². The molecule has 1 amide bonds. The number of methoxy groups -OCH3 is 1. The first-order valence-corrected chi connectivity index (χ1v) is 10.9. The number of non-ortho nitro benzene ring substituents is 1. The van der Waals surface area contributed by atoms with Gasteiger partial charge in [0.05, 0.1) is 41.9 Å². The highest BCUT2D eigenvalue weighted by Gasteiger charge is 2.31. The molecule has 0 aromatic heterocycles. The van der Waals surface area contributed by atoms with E-state index in [4.69, 9.17) is 9.47 Å². The lowest BCUT2D eigenvalue weighted by Gasteiger charge is -2.28. The molecule has 4 rings (SSSR count). The lowest BCUT2D eigenvalue weighted by Crippen LogP contribution is -2.36. The van der Waals surface area contributed by atoms with Crippen molar-refractivity contribution in [1.82, 2.24) is 4.90 Å². The van der Waals surface area contributed by atoms with Crippen LogP contribution in [-0.4, -0.2) is 66.5 Å². The first-order valence-electron chi connectivity index (χ1n) is 10.1. The predicted octanol–water partition coefficient (Wildman–Crippen LogP) is 3.38. The average Bonchev–Trinajstić information content (AvgIpc) is 3.09. The van der Waals surface area contributed by atoms with Crippen molar-refractivity contribution in [1.29, 1.82) is 0 Å². The zero-order valence-corrected chi connectivity index (χ0v) is 18.9. The zero-order valence-electron chi connectivity index (χ0n) is 18.1. The van der Waals surface area contributed by atoms with Gasteiger partial charge < -0.3 is 19.5 Å². The minimum absolute atomic E-state index is 0.0471. The van der Waals surface area contributed by atoms with Crippen molar-refractivity contribution >= 4 is 46.0 Å². The number of nitro groups is 1. The summed E-state index contributed by atoms with van der Waals surface area (Å²) in [5.74, 6) is -0.654. The molecule has 2 heterocycles. The van der Waals surface area contributed by atoms with Crippen LogP contribution < -0.4 is 9.64 Å². The first-order chi connectivity index (χ1) is 15.9. The van der Waals surface area contributed by atoms with Crippen LogP contribution in [0.4, 0.5) is 17.1 Å². The molecule has 2 aliphatic heterocycles. The fraction of sp³-hybridized carbons (Fsp3) is 0.273. The maximum absolute atomic E-state index is 12.7. The Labute approximate surface area is 194 Å². The van der Waals surface area contributed by atoms with Crippen LogP contribution in [0.1, 0.15) is 5.56 Å². The quantitative estimate of drug-likeness (QED) is 0.401. The van der Waals surface area contributed by atoms with Crippen molar-refractivity contribution in [2.24, 2.45) is 4.99 Å². The molecule has 0 aliphatic carbocycles. The van der Waals surface area contributed by atoms with E-state index in [0.29, 0.717) is 24.1 Å². The molecule has 0 atom stereocenters. The zero-order chi connectivity index (χ0) is 23.5. The van der Waals surface area contributed by atoms with Crippen LogP contribution in [0.15, 0.2) is 46.3 Å². The Morgan fingerprint density at radius 3 is 2.58 bits per heavy atom. The Bertz CT molecular complexity index is 1140. The van der Waals surface area contributed by atoms with Crippen LogP contribution in [0.5, 0.6) is 11.5 Å². The van der Waals surface area contributed by atoms with Crippen LogP contribution in [-0.2, 0) is 9.53 Å². The molecule has 0 saturated carbocycles. The second kappa shape index (κ2) is 9.51. The molecule has 2 fully saturated rings. The molecule has 0 bridgehead atoms. The number of aromatic hydroxyl groups is 1. The topological polar surface area (TPSA) is 118 Å². The van der Waals surface area contributed by atoms with Gasteiger partial charge in [-0.3, -0.25) is 19.8 Å². The highest BCUT2D eigenvalue weighted by atomic mass is 32.2. The van der Waals surface area contributed by atoms with Crippen molar-refractivity contribution in [3.8, 4) is 11.5 Å². The number of nitro benzene ring substituents is 1. The number of amides is 1. The highest BCUT2D eigenvalue weighted by molar-refractivity contribution is 8.18. The van der Waals surface area contributed by atoms with Gasteiger partial charge in [0.25, 0.3) is 11.6 Å². The van der Waals surface area contributed by atoms with E-state index >= 15 is 0 Å². The summed E-state index contributed by atoms with van der Waals surface area (Å²) in [6.45, 7) is 3.08. The van der Waals surface area contributed by atoms with Gasteiger partial charge in [-0.1, -0.05) is 0 Å². The van der Waals surface area contributed by atoms with Crippen molar-refractivity contribution in [2.75, 3.05) is 45.4 Å². The number of phenolic OH excluding ortho intramolecular Hbond substituents is 1. The number of morpholine rings is 1. The summed E-state index contributed by atoms with van der Waals surface area (Å²) in [5, 5.41) is 22.0. The molecule has 33 heavy (non-hydrogen) atoms. The highest BCUT2D eigenvalue weighted by Crippen LogP contribution is 2.39. The number of anilines is 1. The summed E-state index contributed by atoms with van der Waals surface area (Å²) in [6, 6.07) is 10.1. The van der Waals surface area contributed by atoms with Gasteiger partial charge in [0, 0.05) is 37.5 Å². The summed E-state index contributed by atoms with van der Waals surface area (Å²) in [7, 11) is 2.90. The molecule has 2 aliphatic rings. The van der Waals surface area contributed by atoms with Gasteiger partial charge in [0.2, 0.25) is 0 Å². The van der Waals surface area contributed by atoms with Gasteiger partial charge in [0.1, 0.15) is 0 Å². The van der Waals surface area contributed by atoms with Crippen LogP contribution >= 0.6 is 11.8 Å². The van der Waals surface area contributed by atoms with Crippen LogP contribution in [0.25, 0.3) is 6.08 Å². The van der Waals surface area contributed by atoms with E-state index in [0.717, 1.165) is 36.6 Å². The van der Waals surface area contributed by atoms with Crippen molar-refractivity contribution in [3.63, 3.8) is 0 Å². The fourth-order valence-corrected chi connectivity index (χ4v) is 4.43. The molecular formula is C22H22N4O6S. The second-order valence-electron chi connectivity index (χ2n) is 7.33. The van der Waals surface area contributed by atoms with Gasteiger partial charge in [-0.2, -0.15) is 0 Å². The number of rotatable bonds is 5. The predicted molar refractivity (Wildman–Crippen MR) is 126 cm³/mol. The standard InChI is InChI=1S/C22H22N4O6S/c1-24-21(28)19(12-14-11-17(26(29)30)13-18(31-2)20(14)27)33-22(24)23-15-3-5-16(6-4-15)25-7-9-32-10-8-25/h3-6,11-13,27H,7-10H2,1-2H3/b19-12-,23-22?. The normalized spacial score (nSPS) is 18.9. The average molecular weight is 471 g/mol. The number of hydrogen-bond acceptors (Lipinski definition) is 9. The number of carbonyl (C=O) groups excluding carboxylic acids is 1. The molecule has 2 aromatic carbocycles. The molecule has 172 valence electrons. The lowest BCUT2D eigenvalue weighted by molar-refractivity contribution is -0.385. The number of likely N-dealkylation sites (N-methyl/N-ethyl adjacent to an activating group) is 1. The first kappa shape index (κ1) is 22.6. The number of phenols is 1. The molecule has 0 radical (unpaired) electrons. The Morgan fingerprint density at radius 2 is 1.94 bits per heavy atom. The Hall–Kier alpha value is -3.57. The van der Waals surface area contributed by atoms with Gasteiger partial charge >= 0.3 is 0 Å². The number of thioether (sulfide) groups is 1. The molecular weight excluding hydrogens is 448 g/mol. The summed E-state index contributed by atoms with van der Waals surface area (Å²) in [4.78, 5) is 31.9. The third-order valence-electron chi connectivity index (χ3n) is 5.26.